The summed E-state index contributed by atoms with van der Waals surface area (Å²) in [6.45, 7) is 1.17. The van der Waals surface area contributed by atoms with E-state index in [2.05, 4.69) is 20.0 Å². The standard InChI is InChI=1S/C17H18N4O3S2/c1-26(23,24)13-7-5-12(6-8-13)16(22)19-11-3-10-18-15-14-4-2-9-20-17(14)25-21-15/h2,4-9H,3,10-11H2,1H3,(H,18,21)(H,19,22). The summed E-state index contributed by atoms with van der Waals surface area (Å²) in [4.78, 5) is 17.4. The van der Waals surface area contributed by atoms with Gasteiger partial charge in [-0.2, -0.15) is 4.37 Å². The number of sulfone groups is 1. The Bertz CT molecular complexity index is 1010. The molecule has 7 nitrogen and oxygen atoms in total. The molecule has 9 heteroatoms. The Morgan fingerprint density at radius 3 is 2.65 bits per heavy atom. The lowest BCUT2D eigenvalue weighted by atomic mass is 10.2. The summed E-state index contributed by atoms with van der Waals surface area (Å²) in [6.07, 6.45) is 3.60. The number of nitrogens with one attached hydrogen (secondary N) is 2. The molecule has 0 unspecified atom stereocenters. The highest BCUT2D eigenvalue weighted by Gasteiger charge is 2.10. The number of carbonyl (C=O) groups is 1. The molecule has 3 aromatic rings. The third kappa shape index (κ3) is 4.36. The molecule has 0 aliphatic heterocycles. The Labute approximate surface area is 155 Å². The van der Waals surface area contributed by atoms with Gasteiger partial charge in [0.05, 0.1) is 10.3 Å². The van der Waals surface area contributed by atoms with E-state index in [-0.39, 0.29) is 10.8 Å². The van der Waals surface area contributed by atoms with Gasteiger partial charge < -0.3 is 10.6 Å². The smallest absolute Gasteiger partial charge is 0.251 e. The summed E-state index contributed by atoms with van der Waals surface area (Å²) in [7, 11) is -3.26. The van der Waals surface area contributed by atoms with Crippen molar-refractivity contribution in [1.29, 1.82) is 0 Å². The van der Waals surface area contributed by atoms with Gasteiger partial charge in [0.2, 0.25) is 0 Å². The Kier molecular flexibility index (Phi) is 5.48. The zero-order chi connectivity index (χ0) is 18.6. The Hall–Kier alpha value is -2.52. The Balaban J connectivity index is 1.45. The summed E-state index contributed by atoms with van der Waals surface area (Å²) in [5.74, 6) is 0.578. The second-order valence-electron chi connectivity index (χ2n) is 5.72. The van der Waals surface area contributed by atoms with Crippen LogP contribution in [0, 0.1) is 0 Å². The van der Waals surface area contributed by atoms with Crippen molar-refractivity contribution in [2.24, 2.45) is 0 Å². The van der Waals surface area contributed by atoms with Gasteiger partial charge >= 0.3 is 0 Å². The minimum atomic E-state index is -3.26. The lowest BCUT2D eigenvalue weighted by molar-refractivity contribution is 0.0953. The predicted octanol–water partition coefficient (Wildman–Crippen LogP) is 2.33. The van der Waals surface area contributed by atoms with E-state index in [1.807, 2.05) is 12.1 Å². The van der Waals surface area contributed by atoms with Crippen LogP contribution in [0.2, 0.25) is 0 Å². The van der Waals surface area contributed by atoms with Crippen molar-refractivity contribution in [2.45, 2.75) is 11.3 Å². The molecule has 2 aromatic heterocycles. The molecule has 1 amide bonds. The lowest BCUT2D eigenvalue weighted by Crippen LogP contribution is -2.25. The average molecular weight is 390 g/mol. The minimum absolute atomic E-state index is 0.197. The van der Waals surface area contributed by atoms with Gasteiger partial charge in [-0.1, -0.05) is 0 Å². The van der Waals surface area contributed by atoms with Crippen molar-refractivity contribution >= 4 is 43.3 Å². The highest BCUT2D eigenvalue weighted by Crippen LogP contribution is 2.23. The summed E-state index contributed by atoms with van der Waals surface area (Å²) in [6, 6.07) is 9.74. The monoisotopic (exact) mass is 390 g/mol. The Morgan fingerprint density at radius 2 is 1.92 bits per heavy atom. The first-order valence-electron chi connectivity index (χ1n) is 7.98. The third-order valence-electron chi connectivity index (χ3n) is 3.73. The molecule has 0 aliphatic carbocycles. The van der Waals surface area contributed by atoms with E-state index in [4.69, 9.17) is 0 Å². The molecule has 1 aromatic carbocycles. The van der Waals surface area contributed by atoms with Crippen LogP contribution in [-0.4, -0.2) is 43.0 Å². The molecule has 26 heavy (non-hydrogen) atoms. The summed E-state index contributed by atoms with van der Waals surface area (Å²) in [5.41, 5.74) is 0.432. The van der Waals surface area contributed by atoms with Crippen molar-refractivity contribution < 1.29 is 13.2 Å². The fraction of sp³-hybridized carbons (Fsp3) is 0.235. The van der Waals surface area contributed by atoms with Crippen LogP contribution in [0.5, 0.6) is 0 Å². The van der Waals surface area contributed by atoms with Crippen molar-refractivity contribution in [1.82, 2.24) is 14.7 Å². The van der Waals surface area contributed by atoms with E-state index >= 15 is 0 Å². The average Bonchev–Trinajstić information content (AvgIpc) is 3.04. The van der Waals surface area contributed by atoms with Crippen molar-refractivity contribution in [3.63, 3.8) is 0 Å². The number of fused-ring (bicyclic) bond motifs is 1. The normalized spacial score (nSPS) is 11.4. The summed E-state index contributed by atoms with van der Waals surface area (Å²) < 4.78 is 27.2. The third-order valence-corrected chi connectivity index (χ3v) is 5.63. The fourth-order valence-corrected chi connectivity index (χ4v) is 3.70. The number of anilines is 1. The van der Waals surface area contributed by atoms with Gasteiger partial charge in [0, 0.05) is 31.1 Å². The lowest BCUT2D eigenvalue weighted by Gasteiger charge is -2.07. The minimum Gasteiger partial charge on any atom is -0.369 e. The predicted molar refractivity (Wildman–Crippen MR) is 102 cm³/mol. The van der Waals surface area contributed by atoms with Gasteiger partial charge in [0.25, 0.3) is 5.91 Å². The number of hydrogen-bond donors (Lipinski definition) is 2. The zero-order valence-electron chi connectivity index (χ0n) is 14.1. The van der Waals surface area contributed by atoms with Crippen LogP contribution in [0.15, 0.2) is 47.5 Å². The number of aromatic nitrogens is 2. The quantitative estimate of drug-likeness (QED) is 0.601. The molecule has 2 heterocycles. The maximum Gasteiger partial charge on any atom is 0.251 e. The summed E-state index contributed by atoms with van der Waals surface area (Å²) in [5, 5.41) is 7.06. The first-order valence-corrected chi connectivity index (χ1v) is 10.6. The molecular weight excluding hydrogens is 372 g/mol. The van der Waals surface area contributed by atoms with Gasteiger partial charge in [-0.25, -0.2) is 13.4 Å². The highest BCUT2D eigenvalue weighted by molar-refractivity contribution is 7.90. The molecule has 0 fully saturated rings. The summed E-state index contributed by atoms with van der Waals surface area (Å²) >= 11 is 1.35. The second-order valence-corrected chi connectivity index (χ2v) is 8.49. The van der Waals surface area contributed by atoms with Crippen molar-refractivity contribution in [2.75, 3.05) is 24.7 Å². The van der Waals surface area contributed by atoms with Gasteiger partial charge in [-0.3, -0.25) is 4.79 Å². The molecule has 3 rings (SSSR count). The second kappa shape index (κ2) is 7.79. The van der Waals surface area contributed by atoms with Crippen LogP contribution in [0.4, 0.5) is 5.82 Å². The largest absolute Gasteiger partial charge is 0.369 e. The molecule has 0 bridgehead atoms. The highest BCUT2D eigenvalue weighted by atomic mass is 32.2. The molecule has 0 saturated carbocycles. The molecule has 136 valence electrons. The van der Waals surface area contributed by atoms with Crippen molar-refractivity contribution in [3.8, 4) is 0 Å². The molecule has 0 atom stereocenters. The molecule has 0 saturated heterocycles. The molecule has 0 spiro atoms. The number of hydrogen-bond acceptors (Lipinski definition) is 7. The van der Waals surface area contributed by atoms with E-state index in [1.54, 1.807) is 6.20 Å². The van der Waals surface area contributed by atoms with Crippen LogP contribution >= 0.6 is 11.5 Å². The van der Waals surface area contributed by atoms with Crippen molar-refractivity contribution in [3.05, 3.63) is 48.2 Å². The number of amides is 1. The number of carbonyl (C=O) groups excluding carboxylic acids is 1. The topological polar surface area (TPSA) is 101 Å². The van der Waals surface area contributed by atoms with Crippen LogP contribution in [0.1, 0.15) is 16.8 Å². The van der Waals surface area contributed by atoms with E-state index in [1.165, 1.54) is 35.8 Å². The molecule has 0 radical (unpaired) electrons. The SMILES string of the molecule is CS(=O)(=O)c1ccc(C(=O)NCCCNc2nsc3ncccc23)cc1. The Morgan fingerprint density at radius 1 is 1.15 bits per heavy atom. The number of nitrogens with zero attached hydrogens (tertiary/aromatic N) is 2. The van der Waals surface area contributed by atoms with Crippen LogP contribution < -0.4 is 10.6 Å². The first kappa shape index (κ1) is 18.3. The zero-order valence-corrected chi connectivity index (χ0v) is 15.7. The number of rotatable bonds is 7. The van der Waals surface area contributed by atoms with Gasteiger partial charge in [-0.05, 0) is 54.4 Å². The number of benzene rings is 1. The maximum absolute atomic E-state index is 12.1. The van der Waals surface area contributed by atoms with E-state index < -0.39 is 9.84 Å². The maximum atomic E-state index is 12.1. The van der Waals surface area contributed by atoms with Crippen LogP contribution in [0.3, 0.4) is 0 Å². The molecular formula is C17H18N4O3S2. The van der Waals surface area contributed by atoms with E-state index in [0.717, 1.165) is 28.7 Å². The fourth-order valence-electron chi connectivity index (χ4n) is 2.36. The molecule has 2 N–H and O–H groups in total. The van der Waals surface area contributed by atoms with Gasteiger partial charge in [0.1, 0.15) is 10.6 Å². The molecule has 0 aliphatic rings. The number of pyridine rings is 1. The van der Waals surface area contributed by atoms with E-state index in [9.17, 15) is 13.2 Å². The van der Waals surface area contributed by atoms with Crippen LogP contribution in [-0.2, 0) is 9.84 Å². The van der Waals surface area contributed by atoms with Gasteiger partial charge in [0.15, 0.2) is 9.84 Å². The van der Waals surface area contributed by atoms with E-state index in [0.29, 0.717) is 18.7 Å². The first-order chi connectivity index (χ1) is 12.4. The van der Waals surface area contributed by atoms with Gasteiger partial charge in [-0.15, -0.1) is 0 Å². The van der Waals surface area contributed by atoms with Crippen LogP contribution in [0.25, 0.3) is 10.2 Å².